The van der Waals surface area contributed by atoms with Gasteiger partial charge in [0.15, 0.2) is 0 Å². The molecule has 3 rings (SSSR count). The third-order valence-corrected chi connectivity index (χ3v) is 6.77. The van der Waals surface area contributed by atoms with Crippen molar-refractivity contribution in [1.82, 2.24) is 9.29 Å². The lowest BCUT2D eigenvalue weighted by Crippen LogP contribution is -2.29. The van der Waals surface area contributed by atoms with Crippen molar-refractivity contribution < 1.29 is 18.3 Å². The lowest BCUT2D eigenvalue weighted by atomic mass is 9.92. The topological polar surface area (TPSA) is 79.7 Å². The standard InChI is InChI=1S/C16H20N2O4S2/c1-2-22-16-4-3-14(7-17-16)24(20,21)18-8-13(10-19)15(9-18)12-5-6-23-11-12/h3-7,11,13,15,19H,2,8-10H2,1H3/t13-,15-/m0/s1. The number of hydrogen-bond acceptors (Lipinski definition) is 6. The van der Waals surface area contributed by atoms with Crippen molar-refractivity contribution >= 4 is 21.4 Å². The van der Waals surface area contributed by atoms with E-state index in [1.54, 1.807) is 17.4 Å². The summed E-state index contributed by atoms with van der Waals surface area (Å²) in [5, 5.41) is 13.6. The van der Waals surface area contributed by atoms with E-state index >= 15 is 0 Å². The third kappa shape index (κ3) is 3.32. The molecule has 1 aliphatic rings. The zero-order chi connectivity index (χ0) is 17.2. The van der Waals surface area contributed by atoms with Gasteiger partial charge in [-0.1, -0.05) is 0 Å². The normalized spacial score (nSPS) is 21.9. The first-order chi connectivity index (χ1) is 11.6. The Labute approximate surface area is 145 Å². The SMILES string of the molecule is CCOc1ccc(S(=O)(=O)N2C[C@@H](CO)[C@H](c3ccsc3)C2)cn1. The molecule has 1 fully saturated rings. The number of sulfonamides is 1. The average Bonchev–Trinajstić information content (AvgIpc) is 3.25. The predicted octanol–water partition coefficient (Wildman–Crippen LogP) is 1.94. The Balaban J connectivity index is 1.82. The number of pyridine rings is 1. The molecular weight excluding hydrogens is 348 g/mol. The van der Waals surface area contributed by atoms with Crippen molar-refractivity contribution in [3.63, 3.8) is 0 Å². The third-order valence-electron chi connectivity index (χ3n) is 4.25. The second-order valence-corrected chi connectivity index (χ2v) is 8.41. The van der Waals surface area contributed by atoms with E-state index in [-0.39, 0.29) is 23.3 Å². The van der Waals surface area contributed by atoms with Crippen LogP contribution < -0.4 is 4.74 Å². The van der Waals surface area contributed by atoms with Crippen molar-refractivity contribution in [2.24, 2.45) is 5.92 Å². The maximum atomic E-state index is 12.8. The molecule has 24 heavy (non-hydrogen) atoms. The first-order valence-electron chi connectivity index (χ1n) is 7.78. The van der Waals surface area contributed by atoms with Crippen molar-refractivity contribution in [2.75, 3.05) is 26.3 Å². The number of aliphatic hydroxyl groups excluding tert-OH is 1. The molecule has 130 valence electrons. The van der Waals surface area contributed by atoms with Gasteiger partial charge in [0.2, 0.25) is 15.9 Å². The van der Waals surface area contributed by atoms with Gasteiger partial charge in [-0.2, -0.15) is 15.6 Å². The monoisotopic (exact) mass is 368 g/mol. The van der Waals surface area contributed by atoms with E-state index in [9.17, 15) is 13.5 Å². The lowest BCUT2D eigenvalue weighted by Gasteiger charge is -2.16. The first kappa shape index (κ1) is 17.3. The summed E-state index contributed by atoms with van der Waals surface area (Å²) in [4.78, 5) is 4.19. The van der Waals surface area contributed by atoms with Crippen LogP contribution in [0.25, 0.3) is 0 Å². The predicted molar refractivity (Wildman–Crippen MR) is 91.8 cm³/mol. The second kappa shape index (κ2) is 7.18. The molecule has 8 heteroatoms. The highest BCUT2D eigenvalue weighted by atomic mass is 32.2. The van der Waals surface area contributed by atoms with Gasteiger partial charge in [0.1, 0.15) is 4.90 Å². The molecule has 0 bridgehead atoms. The summed E-state index contributed by atoms with van der Waals surface area (Å²) < 4.78 is 32.4. The number of hydrogen-bond donors (Lipinski definition) is 1. The molecule has 6 nitrogen and oxygen atoms in total. The molecule has 0 radical (unpaired) electrons. The summed E-state index contributed by atoms with van der Waals surface area (Å²) in [5.74, 6) is 0.332. The molecule has 0 unspecified atom stereocenters. The van der Waals surface area contributed by atoms with Crippen LogP contribution in [0.15, 0.2) is 40.1 Å². The van der Waals surface area contributed by atoms with Crippen molar-refractivity contribution in [1.29, 1.82) is 0 Å². The molecule has 0 aromatic carbocycles. The molecule has 0 spiro atoms. The van der Waals surface area contributed by atoms with Crippen LogP contribution in [-0.4, -0.2) is 49.1 Å². The second-order valence-electron chi connectivity index (χ2n) is 5.69. The fourth-order valence-corrected chi connectivity index (χ4v) is 5.17. The lowest BCUT2D eigenvalue weighted by molar-refractivity contribution is 0.223. The first-order valence-corrected chi connectivity index (χ1v) is 10.2. The van der Waals surface area contributed by atoms with Gasteiger partial charge >= 0.3 is 0 Å². The maximum absolute atomic E-state index is 12.8. The molecule has 0 amide bonds. The maximum Gasteiger partial charge on any atom is 0.244 e. The molecular formula is C16H20N2O4S2. The van der Waals surface area contributed by atoms with Gasteiger partial charge in [0.05, 0.1) is 12.8 Å². The number of ether oxygens (including phenoxy) is 1. The minimum absolute atomic E-state index is 0.0201. The van der Waals surface area contributed by atoms with Gasteiger partial charge in [0, 0.05) is 37.6 Å². The van der Waals surface area contributed by atoms with Crippen molar-refractivity contribution in [3.8, 4) is 5.88 Å². The molecule has 1 N–H and O–H groups in total. The zero-order valence-electron chi connectivity index (χ0n) is 13.3. The summed E-state index contributed by atoms with van der Waals surface area (Å²) in [6, 6.07) is 5.07. The molecule has 2 aromatic rings. The smallest absolute Gasteiger partial charge is 0.244 e. The van der Waals surface area contributed by atoms with Gasteiger partial charge in [-0.15, -0.1) is 0 Å². The van der Waals surface area contributed by atoms with Gasteiger partial charge in [-0.25, -0.2) is 13.4 Å². The highest BCUT2D eigenvalue weighted by Crippen LogP contribution is 2.36. The van der Waals surface area contributed by atoms with Crippen molar-refractivity contribution in [3.05, 3.63) is 40.7 Å². The number of nitrogens with zero attached hydrogens (tertiary/aromatic N) is 2. The zero-order valence-corrected chi connectivity index (χ0v) is 15.0. The number of thiophene rings is 1. The summed E-state index contributed by atoms with van der Waals surface area (Å²) >= 11 is 1.58. The van der Waals surface area contributed by atoms with Gasteiger partial charge < -0.3 is 9.84 Å². The van der Waals surface area contributed by atoms with E-state index in [0.29, 0.717) is 25.6 Å². The van der Waals surface area contributed by atoms with E-state index in [1.165, 1.54) is 16.6 Å². The molecule has 0 saturated carbocycles. The summed E-state index contributed by atoms with van der Waals surface area (Å²) in [5.41, 5.74) is 1.08. The fraction of sp³-hybridized carbons (Fsp3) is 0.438. The van der Waals surface area contributed by atoms with Gasteiger partial charge in [-0.05, 0) is 35.4 Å². The van der Waals surface area contributed by atoms with Crippen LogP contribution in [0.2, 0.25) is 0 Å². The highest BCUT2D eigenvalue weighted by Gasteiger charge is 2.39. The molecule has 2 aromatic heterocycles. The number of aliphatic hydroxyl groups is 1. The van der Waals surface area contributed by atoms with E-state index < -0.39 is 10.0 Å². The molecule has 1 aliphatic heterocycles. The van der Waals surface area contributed by atoms with Crippen LogP contribution in [0, 0.1) is 5.92 Å². The van der Waals surface area contributed by atoms with Crippen molar-refractivity contribution in [2.45, 2.75) is 17.7 Å². The Morgan fingerprint density at radius 2 is 2.21 bits per heavy atom. The Hall–Kier alpha value is -1.48. The van der Waals surface area contributed by atoms with Crippen LogP contribution in [0.3, 0.4) is 0 Å². The fourth-order valence-electron chi connectivity index (χ4n) is 2.98. The average molecular weight is 368 g/mol. The molecule has 3 heterocycles. The summed E-state index contributed by atoms with van der Waals surface area (Å²) in [6.45, 7) is 2.97. The van der Waals surface area contributed by atoms with E-state index in [4.69, 9.17) is 4.74 Å². The van der Waals surface area contributed by atoms with E-state index in [2.05, 4.69) is 4.98 Å². The Morgan fingerprint density at radius 3 is 2.79 bits per heavy atom. The molecule has 2 atom stereocenters. The minimum atomic E-state index is -3.63. The minimum Gasteiger partial charge on any atom is -0.478 e. The van der Waals surface area contributed by atoms with Crippen LogP contribution >= 0.6 is 11.3 Å². The number of rotatable bonds is 6. The highest BCUT2D eigenvalue weighted by molar-refractivity contribution is 7.89. The van der Waals surface area contributed by atoms with Crippen LogP contribution in [0.5, 0.6) is 5.88 Å². The van der Waals surface area contributed by atoms with Gasteiger partial charge in [-0.3, -0.25) is 0 Å². The quantitative estimate of drug-likeness (QED) is 0.843. The molecule has 0 aliphatic carbocycles. The summed E-state index contributed by atoms with van der Waals surface area (Å²) in [7, 11) is -3.63. The van der Waals surface area contributed by atoms with Gasteiger partial charge in [0.25, 0.3) is 0 Å². The van der Waals surface area contributed by atoms with E-state index in [1.807, 2.05) is 23.8 Å². The number of aromatic nitrogens is 1. The summed E-state index contributed by atoms with van der Waals surface area (Å²) in [6.07, 6.45) is 1.33. The molecule has 1 saturated heterocycles. The Kier molecular flexibility index (Phi) is 5.19. The van der Waals surface area contributed by atoms with Crippen LogP contribution in [0.1, 0.15) is 18.4 Å². The Morgan fingerprint density at radius 1 is 1.38 bits per heavy atom. The van der Waals surface area contributed by atoms with E-state index in [0.717, 1.165) is 5.56 Å². The van der Waals surface area contributed by atoms with Crippen LogP contribution in [-0.2, 0) is 10.0 Å². The van der Waals surface area contributed by atoms with Crippen LogP contribution in [0.4, 0.5) is 0 Å². The Bertz CT molecular complexity index is 760. The largest absolute Gasteiger partial charge is 0.478 e.